The van der Waals surface area contributed by atoms with Gasteiger partial charge in [-0.15, -0.1) is 0 Å². The Morgan fingerprint density at radius 2 is 1.13 bits per heavy atom. The lowest BCUT2D eigenvalue weighted by Gasteiger charge is -2.22. The number of rotatable bonds is 6. The van der Waals surface area contributed by atoms with Crippen LogP contribution < -0.4 is 0 Å². The van der Waals surface area contributed by atoms with E-state index in [1.54, 1.807) is 0 Å². The number of aromatic hydroxyl groups is 2. The largest absolute Gasteiger partial charge is 0.508 e. The molecule has 2 aliphatic heterocycles. The smallest absolute Gasteiger partial charge is 0.326 e. The Kier molecular flexibility index (Phi) is 6.14. The zero-order chi connectivity index (χ0) is 22.0. The number of carboxylic acid groups (broad SMARTS) is 2. The summed E-state index contributed by atoms with van der Waals surface area (Å²) < 4.78 is 0. The molecule has 10 nitrogen and oxygen atoms in total. The van der Waals surface area contributed by atoms with Crippen molar-refractivity contribution in [3.8, 4) is 11.5 Å². The van der Waals surface area contributed by atoms with Crippen LogP contribution in [0.15, 0.2) is 12.1 Å². The number of aliphatic carboxylic acids is 2. The van der Waals surface area contributed by atoms with Crippen molar-refractivity contribution in [2.24, 2.45) is 0 Å². The molecule has 0 bridgehead atoms. The van der Waals surface area contributed by atoms with E-state index < -0.39 is 35.8 Å². The maximum Gasteiger partial charge on any atom is 0.326 e. The van der Waals surface area contributed by atoms with Gasteiger partial charge in [0.05, 0.1) is 12.8 Å². The maximum atomic E-state index is 12.5. The first-order valence-corrected chi connectivity index (χ1v) is 9.77. The highest BCUT2D eigenvalue weighted by molar-refractivity contribution is 5.87. The second-order valence-electron chi connectivity index (χ2n) is 7.63. The van der Waals surface area contributed by atoms with Gasteiger partial charge in [0.25, 0.3) is 0 Å². The molecule has 0 radical (unpaired) electrons. The number of nitrogens with zero attached hydrogens (tertiary/aromatic N) is 2. The number of amides is 2. The number of carbonyl (C=O) groups excluding carboxylic acids is 2. The van der Waals surface area contributed by atoms with E-state index in [-0.39, 0.29) is 35.5 Å². The van der Waals surface area contributed by atoms with Gasteiger partial charge in [-0.1, -0.05) is 0 Å². The fourth-order valence-electron chi connectivity index (χ4n) is 4.12. The van der Waals surface area contributed by atoms with E-state index in [2.05, 4.69) is 0 Å². The number of carbonyl (C=O) groups is 4. The fourth-order valence-corrected chi connectivity index (χ4v) is 4.12. The van der Waals surface area contributed by atoms with Crippen molar-refractivity contribution in [1.82, 2.24) is 9.80 Å². The standard InChI is InChI=1S/C20H24N2O8/c23-15-8-12(10-18(26)22-6-2-4-14(22)20(29)30)16(24)7-11(15)9-17(25)21-5-1-3-13(21)19(27)28/h7-8,13-14,23-24H,1-6,9-10H2,(H,27,28)(H,29,30)/t13-,14?/m1/s1. The van der Waals surface area contributed by atoms with E-state index in [0.29, 0.717) is 38.8 Å². The van der Waals surface area contributed by atoms with Crippen LogP contribution in [0.5, 0.6) is 11.5 Å². The van der Waals surface area contributed by atoms with Crippen molar-refractivity contribution in [1.29, 1.82) is 0 Å². The van der Waals surface area contributed by atoms with Crippen LogP contribution in [0.4, 0.5) is 0 Å². The Labute approximate surface area is 172 Å². The molecule has 2 atom stereocenters. The summed E-state index contributed by atoms with van der Waals surface area (Å²) in [5.74, 6) is -3.70. The first-order valence-electron chi connectivity index (χ1n) is 9.77. The summed E-state index contributed by atoms with van der Waals surface area (Å²) in [6, 6.07) is 0.571. The summed E-state index contributed by atoms with van der Waals surface area (Å²) in [6.45, 7) is 0.630. The van der Waals surface area contributed by atoms with E-state index in [4.69, 9.17) is 0 Å². The Bertz CT molecular complexity index is 812. The molecule has 0 aliphatic carbocycles. The molecule has 10 heteroatoms. The van der Waals surface area contributed by atoms with Crippen LogP contribution in [-0.2, 0) is 32.0 Å². The van der Waals surface area contributed by atoms with E-state index in [1.807, 2.05) is 0 Å². The highest BCUT2D eigenvalue weighted by Crippen LogP contribution is 2.30. The molecule has 0 spiro atoms. The zero-order valence-corrected chi connectivity index (χ0v) is 16.3. The minimum atomic E-state index is -1.08. The number of likely N-dealkylation sites (tertiary alicyclic amines) is 2. The summed E-state index contributed by atoms with van der Waals surface area (Å²) in [5.41, 5.74) is 0.239. The van der Waals surface area contributed by atoms with Crippen molar-refractivity contribution < 1.29 is 39.6 Å². The van der Waals surface area contributed by atoms with Gasteiger partial charge in [-0.05, 0) is 37.8 Å². The van der Waals surface area contributed by atoms with E-state index in [9.17, 15) is 39.6 Å². The fraction of sp³-hybridized carbons (Fsp3) is 0.500. The van der Waals surface area contributed by atoms with E-state index in [1.165, 1.54) is 21.9 Å². The average Bonchev–Trinajstić information content (AvgIpc) is 3.34. The third kappa shape index (κ3) is 4.32. The molecule has 4 N–H and O–H groups in total. The van der Waals surface area contributed by atoms with Gasteiger partial charge in [-0.25, -0.2) is 9.59 Å². The minimum Gasteiger partial charge on any atom is -0.508 e. The summed E-state index contributed by atoms with van der Waals surface area (Å²) in [5, 5.41) is 39.0. The normalized spacial score (nSPS) is 21.1. The molecule has 3 rings (SSSR count). The molecule has 2 aliphatic rings. The van der Waals surface area contributed by atoms with Crippen molar-refractivity contribution in [3.63, 3.8) is 0 Å². The van der Waals surface area contributed by atoms with Gasteiger partial charge in [-0.3, -0.25) is 9.59 Å². The van der Waals surface area contributed by atoms with Crippen LogP contribution in [-0.4, -0.2) is 79.2 Å². The number of hydrogen-bond donors (Lipinski definition) is 4. The predicted molar refractivity (Wildman–Crippen MR) is 102 cm³/mol. The van der Waals surface area contributed by atoms with Gasteiger partial charge >= 0.3 is 11.9 Å². The number of phenolic OH excluding ortho intramolecular Hbond substituents is 2. The lowest BCUT2D eigenvalue weighted by molar-refractivity contribution is -0.148. The number of benzene rings is 1. The molecule has 1 unspecified atom stereocenters. The zero-order valence-electron chi connectivity index (χ0n) is 16.3. The lowest BCUT2D eigenvalue weighted by atomic mass is 10.0. The maximum absolute atomic E-state index is 12.5. The van der Waals surface area contributed by atoms with Gasteiger partial charge < -0.3 is 30.2 Å². The van der Waals surface area contributed by atoms with Crippen LogP contribution in [0.1, 0.15) is 36.8 Å². The topological polar surface area (TPSA) is 156 Å². The van der Waals surface area contributed by atoms with Crippen LogP contribution in [0.25, 0.3) is 0 Å². The molecule has 1 aromatic rings. The van der Waals surface area contributed by atoms with Crippen LogP contribution in [0.3, 0.4) is 0 Å². The molecular weight excluding hydrogens is 396 g/mol. The summed E-state index contributed by atoms with van der Waals surface area (Å²) >= 11 is 0. The molecule has 162 valence electrons. The minimum absolute atomic E-state index is 0.120. The Balaban J connectivity index is 1.71. The number of hydrogen-bond acceptors (Lipinski definition) is 6. The molecule has 2 heterocycles. The van der Waals surface area contributed by atoms with Crippen LogP contribution >= 0.6 is 0 Å². The SMILES string of the molecule is O=C(O)C1CCCN1C(=O)Cc1cc(O)c(CC(=O)N2CCC[C@@H]2C(=O)O)cc1O. The first-order chi connectivity index (χ1) is 14.2. The van der Waals surface area contributed by atoms with Crippen molar-refractivity contribution in [2.45, 2.75) is 50.6 Å². The molecule has 30 heavy (non-hydrogen) atoms. The van der Waals surface area contributed by atoms with E-state index in [0.717, 1.165) is 0 Å². The molecule has 0 aromatic heterocycles. The second-order valence-corrected chi connectivity index (χ2v) is 7.63. The Morgan fingerprint density at radius 1 is 0.767 bits per heavy atom. The summed E-state index contributed by atoms with van der Waals surface area (Å²) in [7, 11) is 0. The quantitative estimate of drug-likeness (QED) is 0.480. The molecular formula is C20H24N2O8. The number of carboxylic acids is 2. The average molecular weight is 420 g/mol. The monoisotopic (exact) mass is 420 g/mol. The van der Waals surface area contributed by atoms with Gasteiger partial charge in [-0.2, -0.15) is 0 Å². The van der Waals surface area contributed by atoms with Crippen LogP contribution in [0.2, 0.25) is 0 Å². The third-order valence-electron chi connectivity index (χ3n) is 5.68. The lowest BCUT2D eigenvalue weighted by Crippen LogP contribution is -2.41. The van der Waals surface area contributed by atoms with Gasteiger partial charge in [0.2, 0.25) is 11.8 Å². The van der Waals surface area contributed by atoms with Gasteiger partial charge in [0, 0.05) is 24.2 Å². The third-order valence-corrected chi connectivity index (χ3v) is 5.68. The number of phenols is 2. The molecule has 0 saturated carbocycles. The predicted octanol–water partition coefficient (Wildman–Crippen LogP) is 0.334. The van der Waals surface area contributed by atoms with Crippen molar-refractivity contribution >= 4 is 23.8 Å². The molecule has 2 fully saturated rings. The summed E-state index contributed by atoms with van der Waals surface area (Å²) in [6.07, 6.45) is 1.32. The van der Waals surface area contributed by atoms with E-state index >= 15 is 0 Å². The molecule has 2 saturated heterocycles. The highest BCUT2D eigenvalue weighted by atomic mass is 16.4. The Hall–Kier alpha value is -3.30. The Morgan fingerprint density at radius 3 is 1.47 bits per heavy atom. The van der Waals surface area contributed by atoms with Crippen LogP contribution in [0, 0.1) is 0 Å². The molecule has 1 aromatic carbocycles. The molecule has 2 amide bonds. The van der Waals surface area contributed by atoms with Gasteiger partial charge in [0.15, 0.2) is 0 Å². The van der Waals surface area contributed by atoms with Crippen molar-refractivity contribution in [2.75, 3.05) is 13.1 Å². The van der Waals surface area contributed by atoms with Gasteiger partial charge in [0.1, 0.15) is 23.6 Å². The van der Waals surface area contributed by atoms with Crippen molar-refractivity contribution in [3.05, 3.63) is 23.3 Å². The second kappa shape index (κ2) is 8.60. The summed E-state index contributed by atoms with van der Waals surface area (Å²) in [4.78, 5) is 50.0. The first kappa shape index (κ1) is 21.4. The highest BCUT2D eigenvalue weighted by Gasteiger charge is 2.35.